The Hall–Kier alpha value is -3.43. The Bertz CT molecular complexity index is 1330. The highest BCUT2D eigenvalue weighted by Crippen LogP contribution is 2.65. The number of para-hydroxylation sites is 1. The average molecular weight is 591 g/mol. The number of anilines is 3. The van der Waals surface area contributed by atoms with Crippen molar-refractivity contribution < 1.29 is 24.2 Å². The van der Waals surface area contributed by atoms with Gasteiger partial charge in [0, 0.05) is 30.2 Å². The molecule has 9 heteroatoms. The molecule has 3 aliphatic rings. The summed E-state index contributed by atoms with van der Waals surface area (Å²) in [6.45, 7) is 13.6. The third kappa shape index (κ3) is 5.20. The molecule has 0 aliphatic carbocycles. The number of carbonyl (C=O) groups excluding carboxylic acids is 3. The van der Waals surface area contributed by atoms with Gasteiger partial charge in [0.2, 0.25) is 17.7 Å². The molecular weight excluding hydrogens is 544 g/mol. The summed E-state index contributed by atoms with van der Waals surface area (Å²) in [7, 11) is 0. The molecule has 3 N–H and O–H groups in total. The number of fused-ring (bicyclic) bond motifs is 1. The van der Waals surface area contributed by atoms with E-state index >= 15 is 0 Å². The molecule has 232 valence electrons. The number of amides is 3. The van der Waals surface area contributed by atoms with Crippen molar-refractivity contribution in [1.82, 2.24) is 4.90 Å². The first-order valence-corrected chi connectivity index (χ1v) is 15.7. The number of nitrogens with zero attached hydrogens (tertiary/aromatic N) is 2. The molecule has 3 saturated heterocycles. The molecule has 7 atom stereocenters. The molecule has 2 aromatic rings. The zero-order valence-electron chi connectivity index (χ0n) is 26.2. The van der Waals surface area contributed by atoms with Crippen LogP contribution >= 0.6 is 0 Å². The summed E-state index contributed by atoms with van der Waals surface area (Å²) in [5.41, 5.74) is 0.186. The molecule has 1 spiro atoms. The van der Waals surface area contributed by atoms with Crippen LogP contribution in [-0.2, 0) is 19.1 Å². The van der Waals surface area contributed by atoms with Crippen LogP contribution in [0.15, 0.2) is 54.6 Å². The highest BCUT2D eigenvalue weighted by molar-refractivity contribution is 6.05. The SMILES string of the molecule is CCN(CC)c1ccc(NC(=O)C2N([C@@H](CO)CC(C)C)C(=O)[C@@H]3[C@@H](C(=O)Nc4ccccc4)[C@]4(C)OC23CC4C)cc1. The van der Waals surface area contributed by atoms with Crippen LogP contribution in [0, 0.1) is 23.7 Å². The van der Waals surface area contributed by atoms with Crippen molar-refractivity contribution >= 4 is 34.8 Å². The Morgan fingerprint density at radius 2 is 1.63 bits per heavy atom. The summed E-state index contributed by atoms with van der Waals surface area (Å²) >= 11 is 0. The quantitative estimate of drug-likeness (QED) is 0.355. The van der Waals surface area contributed by atoms with E-state index in [1.807, 2.05) is 82.3 Å². The van der Waals surface area contributed by atoms with Crippen molar-refractivity contribution in [3.05, 3.63) is 54.6 Å². The predicted octanol–water partition coefficient (Wildman–Crippen LogP) is 4.53. The summed E-state index contributed by atoms with van der Waals surface area (Å²) in [5, 5.41) is 16.6. The van der Waals surface area contributed by atoms with Crippen LogP contribution in [0.4, 0.5) is 17.1 Å². The number of hydrogen-bond donors (Lipinski definition) is 3. The van der Waals surface area contributed by atoms with Crippen LogP contribution in [0.25, 0.3) is 0 Å². The fourth-order valence-electron chi connectivity index (χ4n) is 7.89. The second-order valence-electron chi connectivity index (χ2n) is 13.0. The van der Waals surface area contributed by atoms with Crippen LogP contribution < -0.4 is 15.5 Å². The van der Waals surface area contributed by atoms with Crippen LogP contribution in [0.5, 0.6) is 0 Å². The van der Waals surface area contributed by atoms with E-state index in [2.05, 4.69) is 29.4 Å². The fourth-order valence-corrected chi connectivity index (χ4v) is 7.89. The van der Waals surface area contributed by atoms with Gasteiger partial charge in [0.1, 0.15) is 11.6 Å². The van der Waals surface area contributed by atoms with Crippen molar-refractivity contribution in [2.24, 2.45) is 23.7 Å². The van der Waals surface area contributed by atoms with E-state index in [0.717, 1.165) is 18.8 Å². The van der Waals surface area contributed by atoms with E-state index in [1.54, 1.807) is 4.90 Å². The van der Waals surface area contributed by atoms with Crippen LogP contribution in [0.1, 0.15) is 54.4 Å². The third-order valence-corrected chi connectivity index (χ3v) is 9.94. The van der Waals surface area contributed by atoms with E-state index in [9.17, 15) is 19.5 Å². The van der Waals surface area contributed by atoms with Crippen molar-refractivity contribution in [1.29, 1.82) is 0 Å². The van der Waals surface area contributed by atoms with Gasteiger partial charge >= 0.3 is 0 Å². The van der Waals surface area contributed by atoms with Crippen LogP contribution in [0.2, 0.25) is 0 Å². The Balaban J connectivity index is 1.53. The lowest BCUT2D eigenvalue weighted by atomic mass is 9.62. The Morgan fingerprint density at radius 1 is 1.02 bits per heavy atom. The summed E-state index contributed by atoms with van der Waals surface area (Å²) < 4.78 is 6.83. The Kier molecular flexibility index (Phi) is 8.60. The first-order valence-electron chi connectivity index (χ1n) is 15.7. The molecule has 9 nitrogen and oxygen atoms in total. The Morgan fingerprint density at radius 3 is 2.21 bits per heavy atom. The van der Waals surface area contributed by atoms with Gasteiger partial charge in [-0.15, -0.1) is 0 Å². The van der Waals surface area contributed by atoms with Gasteiger partial charge in [0.05, 0.1) is 30.1 Å². The number of likely N-dealkylation sites (tertiary alicyclic amines) is 1. The number of rotatable bonds is 11. The predicted molar refractivity (Wildman–Crippen MR) is 168 cm³/mol. The maximum Gasteiger partial charge on any atom is 0.250 e. The lowest BCUT2D eigenvalue weighted by Crippen LogP contribution is -2.56. The first kappa shape index (κ1) is 31.0. The van der Waals surface area contributed by atoms with Crippen molar-refractivity contribution in [3.63, 3.8) is 0 Å². The van der Waals surface area contributed by atoms with E-state index in [0.29, 0.717) is 24.2 Å². The smallest absolute Gasteiger partial charge is 0.250 e. The fraction of sp³-hybridized carbons (Fsp3) is 0.559. The van der Waals surface area contributed by atoms with E-state index < -0.39 is 35.1 Å². The van der Waals surface area contributed by atoms with Crippen LogP contribution in [-0.4, -0.2) is 70.7 Å². The van der Waals surface area contributed by atoms with E-state index in [-0.39, 0.29) is 36.2 Å². The van der Waals surface area contributed by atoms with E-state index in [1.165, 1.54) is 0 Å². The standard InChI is InChI=1S/C34H46N4O5/c1-7-37(8-2)25-16-14-24(15-17-25)36-31(41)29-34-19-22(5)33(6,43-34)27(30(40)35-23-12-10-9-11-13-23)28(34)32(42)38(29)26(20-39)18-21(3)4/h9-17,21-22,26-29,39H,7-8,18-20H2,1-6H3,(H,35,40)(H,36,41)/t22?,26-,27+,28+,29?,33-,34?/m1/s1. The minimum atomic E-state index is -1.19. The van der Waals surface area contributed by atoms with Gasteiger partial charge < -0.3 is 30.3 Å². The van der Waals surface area contributed by atoms with Crippen molar-refractivity contribution in [2.45, 2.75) is 77.7 Å². The molecule has 2 aromatic carbocycles. The molecule has 0 radical (unpaired) electrons. The minimum absolute atomic E-state index is 0.0793. The highest BCUT2D eigenvalue weighted by atomic mass is 16.5. The van der Waals surface area contributed by atoms with Crippen molar-refractivity contribution in [3.8, 4) is 0 Å². The number of aliphatic hydroxyl groups excluding tert-OH is 1. The zero-order chi connectivity index (χ0) is 31.1. The van der Waals surface area contributed by atoms with E-state index in [4.69, 9.17) is 4.74 Å². The largest absolute Gasteiger partial charge is 0.394 e. The number of aliphatic hydroxyl groups is 1. The number of hydrogen-bond acceptors (Lipinski definition) is 6. The summed E-state index contributed by atoms with van der Waals surface area (Å²) in [6, 6.07) is 15.3. The lowest BCUT2D eigenvalue weighted by molar-refractivity contribution is -0.148. The molecule has 3 heterocycles. The van der Waals surface area contributed by atoms with Gasteiger partial charge in [-0.25, -0.2) is 0 Å². The molecule has 5 rings (SSSR count). The summed E-state index contributed by atoms with van der Waals surface area (Å²) in [5.74, 6) is -2.52. The molecule has 43 heavy (non-hydrogen) atoms. The van der Waals surface area contributed by atoms with Gasteiger partial charge in [0.15, 0.2) is 0 Å². The normalized spacial score (nSPS) is 30.0. The first-order chi connectivity index (χ1) is 20.5. The van der Waals surface area contributed by atoms with Crippen molar-refractivity contribution in [2.75, 3.05) is 35.2 Å². The molecule has 3 unspecified atom stereocenters. The van der Waals surface area contributed by atoms with Gasteiger partial charge in [-0.1, -0.05) is 39.0 Å². The second-order valence-corrected chi connectivity index (χ2v) is 13.0. The van der Waals surface area contributed by atoms with Gasteiger partial charge in [-0.3, -0.25) is 14.4 Å². The second kappa shape index (κ2) is 11.9. The summed E-state index contributed by atoms with van der Waals surface area (Å²) in [4.78, 5) is 46.5. The maximum absolute atomic E-state index is 14.5. The summed E-state index contributed by atoms with van der Waals surface area (Å²) in [6.07, 6.45) is 0.978. The highest BCUT2D eigenvalue weighted by Gasteiger charge is 2.80. The number of benzene rings is 2. The molecule has 2 bridgehead atoms. The maximum atomic E-state index is 14.5. The van der Waals surface area contributed by atoms with Gasteiger partial charge in [0.25, 0.3) is 0 Å². The number of nitrogens with one attached hydrogen (secondary N) is 2. The van der Waals surface area contributed by atoms with Gasteiger partial charge in [-0.05, 0) is 81.8 Å². The molecule has 3 amide bonds. The Labute approximate surface area is 255 Å². The monoisotopic (exact) mass is 590 g/mol. The van der Waals surface area contributed by atoms with Crippen LogP contribution in [0.3, 0.4) is 0 Å². The topological polar surface area (TPSA) is 111 Å². The van der Waals surface area contributed by atoms with Gasteiger partial charge in [-0.2, -0.15) is 0 Å². The average Bonchev–Trinajstić information content (AvgIpc) is 3.50. The molecular formula is C34H46N4O5. The molecule has 0 saturated carbocycles. The lowest BCUT2D eigenvalue weighted by Gasteiger charge is -2.37. The molecule has 3 aliphatic heterocycles. The number of carbonyl (C=O) groups is 3. The third-order valence-electron chi connectivity index (χ3n) is 9.94. The minimum Gasteiger partial charge on any atom is -0.394 e. The zero-order valence-corrected chi connectivity index (χ0v) is 26.2. The molecule has 3 fully saturated rings. The number of ether oxygens (including phenoxy) is 1. The molecule has 0 aromatic heterocycles.